The van der Waals surface area contributed by atoms with Crippen molar-refractivity contribution in [2.45, 2.75) is 50.6 Å². The maximum Gasteiger partial charge on any atom is 0.337 e. The van der Waals surface area contributed by atoms with Crippen LogP contribution in [0.3, 0.4) is 0 Å². The molecule has 2 aromatic heterocycles. The average molecular weight is 504 g/mol. The third kappa shape index (κ3) is 5.02. The van der Waals surface area contributed by atoms with Crippen LogP contribution in [-0.4, -0.2) is 39.1 Å². The number of aromatic nitrogens is 3. The highest BCUT2D eigenvalue weighted by molar-refractivity contribution is 5.81. The zero-order chi connectivity index (χ0) is 26.0. The number of nitrogens with zero attached hydrogens (tertiary/aromatic N) is 3. The molecule has 9 nitrogen and oxygen atoms in total. The Balaban J connectivity index is 1.65. The molecule has 1 aromatic carbocycles. The van der Waals surface area contributed by atoms with Gasteiger partial charge in [0, 0.05) is 24.6 Å². The topological polar surface area (TPSA) is 112 Å². The van der Waals surface area contributed by atoms with Crippen molar-refractivity contribution >= 4 is 22.9 Å². The number of nitrogens with one attached hydrogen (secondary N) is 1. The van der Waals surface area contributed by atoms with E-state index in [-0.39, 0.29) is 41.5 Å². The van der Waals surface area contributed by atoms with Crippen molar-refractivity contribution in [2.24, 2.45) is 0 Å². The highest BCUT2D eigenvalue weighted by Crippen LogP contribution is 2.27. The number of carbonyl (C=O) groups excluding carboxylic acids is 2. The summed E-state index contributed by atoms with van der Waals surface area (Å²) in [4.78, 5) is 53.9. The Bertz CT molecular complexity index is 1440. The number of benzene rings is 1. The van der Waals surface area contributed by atoms with Crippen LogP contribution in [0.2, 0.25) is 0 Å². The molecule has 1 fully saturated rings. The molecule has 0 saturated heterocycles. The lowest BCUT2D eigenvalue weighted by atomic mass is 9.90. The van der Waals surface area contributed by atoms with Crippen molar-refractivity contribution in [1.29, 1.82) is 0 Å². The molecule has 3 aromatic rings. The van der Waals surface area contributed by atoms with Gasteiger partial charge in [-0.15, -0.1) is 0 Å². The number of ether oxygens (including phenoxy) is 1. The fraction of sp³-hybridized carbons (Fsp3) is 0.375. The van der Waals surface area contributed by atoms with Gasteiger partial charge < -0.3 is 10.1 Å². The molecule has 1 N–H and O–H groups in total. The smallest absolute Gasteiger partial charge is 0.337 e. The minimum absolute atomic E-state index is 0.0196. The van der Waals surface area contributed by atoms with E-state index in [9.17, 15) is 32.3 Å². The number of pyridine rings is 1. The van der Waals surface area contributed by atoms with Crippen molar-refractivity contribution in [3.8, 4) is 5.69 Å². The van der Waals surface area contributed by atoms with Crippen LogP contribution in [0.5, 0.6) is 0 Å². The second kappa shape index (κ2) is 10.3. The van der Waals surface area contributed by atoms with Gasteiger partial charge in [-0.3, -0.25) is 19.0 Å². The zero-order valence-corrected chi connectivity index (χ0v) is 19.3. The first kappa shape index (κ1) is 25.1. The fourth-order valence-corrected chi connectivity index (χ4v) is 4.46. The van der Waals surface area contributed by atoms with Gasteiger partial charge in [-0.1, -0.05) is 0 Å². The highest BCUT2D eigenvalue weighted by Gasteiger charge is 2.28. The maximum atomic E-state index is 14.0. The summed E-state index contributed by atoms with van der Waals surface area (Å²) in [7, 11) is 1.24. The summed E-state index contributed by atoms with van der Waals surface area (Å²) in [6, 6.07) is 2.98. The molecular weight excluding hydrogens is 481 g/mol. The van der Waals surface area contributed by atoms with Gasteiger partial charge in [0.15, 0.2) is 17.3 Å². The van der Waals surface area contributed by atoms with Gasteiger partial charge in [-0.25, -0.2) is 27.5 Å². The fourth-order valence-electron chi connectivity index (χ4n) is 4.46. The molecule has 0 atom stereocenters. The van der Waals surface area contributed by atoms with E-state index in [0.717, 1.165) is 33.5 Å². The number of carbonyl (C=O) groups is 2. The summed E-state index contributed by atoms with van der Waals surface area (Å²) in [6.45, 7) is 0. The Morgan fingerprint density at radius 1 is 1.06 bits per heavy atom. The molecule has 1 amide bonds. The molecule has 0 radical (unpaired) electrons. The molecule has 4 rings (SSSR count). The van der Waals surface area contributed by atoms with Gasteiger partial charge in [-0.2, -0.15) is 0 Å². The summed E-state index contributed by atoms with van der Waals surface area (Å²) < 4.78 is 47.9. The second-order valence-corrected chi connectivity index (χ2v) is 8.57. The molecule has 12 heteroatoms. The number of hydrogen-bond donors (Lipinski definition) is 1. The standard InChI is InChI=1S/C24H23F3N4O5/c1-36-21(33)9-8-20(32)29-14-2-4-15(5-3-14)31-23(34)17-10-13(25)12-28-22(17)30(24(31)35)16-6-7-18(26)19(27)11-16/h6-7,10-12,14-15H,2-5,8-9H2,1H3,(H,29,32). The van der Waals surface area contributed by atoms with Crippen LogP contribution < -0.4 is 16.6 Å². The van der Waals surface area contributed by atoms with Crippen LogP contribution in [0, 0.1) is 17.5 Å². The van der Waals surface area contributed by atoms with Crippen LogP contribution in [0.25, 0.3) is 16.7 Å². The van der Waals surface area contributed by atoms with Gasteiger partial charge >= 0.3 is 11.7 Å². The van der Waals surface area contributed by atoms with E-state index in [1.54, 1.807) is 0 Å². The summed E-state index contributed by atoms with van der Waals surface area (Å²) >= 11 is 0. The van der Waals surface area contributed by atoms with E-state index < -0.39 is 40.7 Å². The molecule has 36 heavy (non-hydrogen) atoms. The first-order chi connectivity index (χ1) is 17.2. The molecule has 0 aliphatic heterocycles. The normalized spacial score (nSPS) is 17.7. The van der Waals surface area contributed by atoms with E-state index in [1.165, 1.54) is 13.2 Å². The molecule has 2 heterocycles. The van der Waals surface area contributed by atoms with Crippen LogP contribution in [0.1, 0.15) is 44.6 Å². The third-order valence-electron chi connectivity index (χ3n) is 6.26. The lowest BCUT2D eigenvalue weighted by Gasteiger charge is -2.30. The Morgan fingerprint density at radius 3 is 2.44 bits per heavy atom. The SMILES string of the molecule is COC(=O)CCC(=O)NC1CCC(n2c(=O)c3cc(F)cnc3n(-c3ccc(F)c(F)c3)c2=O)CC1. The minimum Gasteiger partial charge on any atom is -0.469 e. The summed E-state index contributed by atoms with van der Waals surface area (Å²) in [5, 5.41) is 2.65. The zero-order valence-electron chi connectivity index (χ0n) is 19.3. The molecule has 1 aliphatic carbocycles. The number of halogens is 3. The lowest BCUT2D eigenvalue weighted by Crippen LogP contribution is -2.45. The van der Waals surface area contributed by atoms with Crippen LogP contribution in [0.4, 0.5) is 13.2 Å². The number of fused-ring (bicyclic) bond motifs is 1. The van der Waals surface area contributed by atoms with Crippen LogP contribution in [-0.2, 0) is 14.3 Å². The molecule has 1 aliphatic rings. The number of hydrogen-bond acceptors (Lipinski definition) is 6. The predicted molar refractivity (Wildman–Crippen MR) is 122 cm³/mol. The molecular formula is C24H23F3N4O5. The van der Waals surface area contributed by atoms with Gasteiger partial charge in [0.05, 0.1) is 30.8 Å². The second-order valence-electron chi connectivity index (χ2n) is 8.57. The van der Waals surface area contributed by atoms with Crippen LogP contribution in [0.15, 0.2) is 40.1 Å². The summed E-state index contributed by atoms with van der Waals surface area (Å²) in [6.07, 6.45) is 2.37. The minimum atomic E-state index is -1.20. The van der Waals surface area contributed by atoms with E-state index in [2.05, 4.69) is 15.0 Å². The van der Waals surface area contributed by atoms with E-state index in [4.69, 9.17) is 0 Å². The Morgan fingerprint density at radius 2 is 1.78 bits per heavy atom. The monoisotopic (exact) mass is 504 g/mol. The molecule has 0 spiro atoms. The number of amides is 1. The molecule has 0 unspecified atom stereocenters. The largest absolute Gasteiger partial charge is 0.469 e. The van der Waals surface area contributed by atoms with Crippen molar-refractivity contribution < 1.29 is 27.5 Å². The highest BCUT2D eigenvalue weighted by atomic mass is 19.2. The quantitative estimate of drug-likeness (QED) is 0.517. The number of rotatable bonds is 6. The van der Waals surface area contributed by atoms with Gasteiger partial charge in [-0.05, 0) is 43.9 Å². The van der Waals surface area contributed by atoms with Gasteiger partial charge in [0.25, 0.3) is 5.56 Å². The lowest BCUT2D eigenvalue weighted by molar-refractivity contribution is -0.142. The molecule has 0 bridgehead atoms. The average Bonchev–Trinajstić information content (AvgIpc) is 2.86. The molecule has 190 valence electrons. The summed E-state index contributed by atoms with van der Waals surface area (Å²) in [5.41, 5.74) is -1.81. The van der Waals surface area contributed by atoms with E-state index in [0.29, 0.717) is 25.7 Å². The van der Waals surface area contributed by atoms with Gasteiger partial charge in [0.2, 0.25) is 5.91 Å². The van der Waals surface area contributed by atoms with Crippen molar-refractivity contribution in [3.63, 3.8) is 0 Å². The van der Waals surface area contributed by atoms with E-state index >= 15 is 0 Å². The van der Waals surface area contributed by atoms with E-state index in [1.807, 2.05) is 0 Å². The molecule has 1 saturated carbocycles. The van der Waals surface area contributed by atoms with Crippen molar-refractivity contribution in [2.75, 3.05) is 7.11 Å². The Hall–Kier alpha value is -3.96. The maximum absolute atomic E-state index is 14.0. The van der Waals surface area contributed by atoms with Crippen molar-refractivity contribution in [1.82, 2.24) is 19.4 Å². The van der Waals surface area contributed by atoms with Crippen LogP contribution >= 0.6 is 0 Å². The first-order valence-corrected chi connectivity index (χ1v) is 11.3. The third-order valence-corrected chi connectivity index (χ3v) is 6.26. The summed E-state index contributed by atoms with van der Waals surface area (Å²) in [5.74, 6) is -3.91. The Kier molecular flexibility index (Phi) is 7.22. The first-order valence-electron chi connectivity index (χ1n) is 11.3. The van der Waals surface area contributed by atoms with Gasteiger partial charge in [0.1, 0.15) is 5.82 Å². The Labute approximate surface area is 202 Å². The number of methoxy groups -OCH3 is 1. The predicted octanol–water partition coefficient (Wildman–Crippen LogP) is 2.52. The number of esters is 1. The van der Waals surface area contributed by atoms with Crippen molar-refractivity contribution in [3.05, 3.63) is 68.8 Å².